The minimum Gasteiger partial charge on any atom is -0.483 e. The van der Waals surface area contributed by atoms with Crippen LogP contribution in [0.5, 0.6) is 11.6 Å². The molecule has 0 aliphatic carbocycles. The third-order valence-corrected chi connectivity index (χ3v) is 5.37. The molecule has 0 saturated heterocycles. The lowest BCUT2D eigenvalue weighted by Gasteiger charge is -2.25. The number of aromatic nitrogens is 2. The number of nitrogens with two attached hydrogens (primary N) is 1. The number of hydrogen-bond donors (Lipinski definition) is 3. The van der Waals surface area contributed by atoms with Crippen LogP contribution in [0.3, 0.4) is 0 Å². The van der Waals surface area contributed by atoms with E-state index >= 15 is 0 Å². The molecule has 9 heteroatoms. The van der Waals surface area contributed by atoms with Crippen LogP contribution in [0.1, 0.15) is 22.7 Å². The summed E-state index contributed by atoms with van der Waals surface area (Å²) >= 11 is 3.36. The highest BCUT2D eigenvalue weighted by Crippen LogP contribution is 2.45. The number of carbonyl (C=O) groups is 1. The van der Waals surface area contributed by atoms with Gasteiger partial charge in [-0.05, 0) is 37.3 Å². The van der Waals surface area contributed by atoms with Crippen molar-refractivity contribution in [1.82, 2.24) is 10.2 Å². The molecule has 0 saturated carbocycles. The van der Waals surface area contributed by atoms with Gasteiger partial charge in [0.05, 0.1) is 5.92 Å². The molecule has 2 heterocycles. The predicted octanol–water partition coefficient (Wildman–Crippen LogP) is 3.72. The van der Waals surface area contributed by atoms with Gasteiger partial charge in [0.25, 0.3) is 5.91 Å². The normalized spacial score (nSPS) is 14.9. The molecule has 1 aliphatic rings. The number of benzene rings is 2. The van der Waals surface area contributed by atoms with Gasteiger partial charge in [0.1, 0.15) is 17.4 Å². The molecule has 1 aliphatic heterocycles. The van der Waals surface area contributed by atoms with E-state index in [1.165, 1.54) is 0 Å². The largest absolute Gasteiger partial charge is 0.483 e. The number of allylic oxidation sites excluding steroid dienone is 1. The maximum atomic E-state index is 12.4. The van der Waals surface area contributed by atoms with Crippen molar-refractivity contribution in [2.75, 3.05) is 11.9 Å². The molecule has 1 amide bonds. The minimum atomic E-state index is -0.529. The second-order valence-electron chi connectivity index (χ2n) is 6.87. The van der Waals surface area contributed by atoms with Gasteiger partial charge in [0.15, 0.2) is 6.61 Å². The highest BCUT2D eigenvalue weighted by atomic mass is 79.9. The molecule has 0 fully saturated rings. The summed E-state index contributed by atoms with van der Waals surface area (Å²) in [5.41, 5.74) is 9.05. The van der Waals surface area contributed by atoms with Gasteiger partial charge >= 0.3 is 0 Å². The Kier molecular flexibility index (Phi) is 5.64. The van der Waals surface area contributed by atoms with Crippen molar-refractivity contribution in [3.05, 3.63) is 81.3 Å². The Morgan fingerprint density at radius 3 is 2.81 bits per heavy atom. The number of rotatable bonds is 5. The Bertz CT molecular complexity index is 1210. The number of nitrogens with one attached hydrogen (secondary N) is 2. The van der Waals surface area contributed by atoms with E-state index in [0.29, 0.717) is 28.4 Å². The molecule has 31 heavy (non-hydrogen) atoms. The summed E-state index contributed by atoms with van der Waals surface area (Å²) in [6, 6.07) is 16.6. The first-order valence-corrected chi connectivity index (χ1v) is 10.2. The fourth-order valence-electron chi connectivity index (χ4n) is 3.43. The highest BCUT2D eigenvalue weighted by molar-refractivity contribution is 9.10. The summed E-state index contributed by atoms with van der Waals surface area (Å²) in [4.78, 5) is 12.4. The third-order valence-electron chi connectivity index (χ3n) is 4.85. The number of H-pyrrole nitrogens is 1. The van der Waals surface area contributed by atoms with Crippen molar-refractivity contribution in [3.8, 4) is 17.7 Å². The summed E-state index contributed by atoms with van der Waals surface area (Å²) in [5.74, 6) is -0.0541. The average molecular weight is 480 g/mol. The molecule has 1 atom stereocenters. The average Bonchev–Trinajstić information content (AvgIpc) is 3.13. The number of ether oxygens (including phenoxy) is 2. The summed E-state index contributed by atoms with van der Waals surface area (Å²) in [6.45, 7) is 1.64. The molecular formula is C22H18BrN5O3. The second-order valence-corrected chi connectivity index (χ2v) is 7.79. The zero-order chi connectivity index (χ0) is 22.0. The van der Waals surface area contributed by atoms with Gasteiger partial charge in [-0.2, -0.15) is 5.26 Å². The number of hydrogen-bond acceptors (Lipinski definition) is 6. The maximum absolute atomic E-state index is 12.4. The van der Waals surface area contributed by atoms with Crippen molar-refractivity contribution in [1.29, 1.82) is 5.26 Å². The number of aryl methyl sites for hydroxylation is 1. The van der Waals surface area contributed by atoms with Crippen LogP contribution in [0.2, 0.25) is 0 Å². The van der Waals surface area contributed by atoms with Crippen LogP contribution < -0.4 is 20.5 Å². The van der Waals surface area contributed by atoms with E-state index in [9.17, 15) is 10.1 Å². The Labute approximate surface area is 186 Å². The number of nitrogens with zero attached hydrogens (tertiary/aromatic N) is 2. The van der Waals surface area contributed by atoms with E-state index in [1.807, 2.05) is 31.2 Å². The molecule has 3 aromatic rings. The van der Waals surface area contributed by atoms with E-state index in [4.69, 9.17) is 15.2 Å². The second kappa shape index (κ2) is 8.53. The van der Waals surface area contributed by atoms with Gasteiger partial charge in [-0.1, -0.05) is 34.1 Å². The summed E-state index contributed by atoms with van der Waals surface area (Å²) in [6.07, 6.45) is 0. The van der Waals surface area contributed by atoms with E-state index in [2.05, 4.69) is 37.5 Å². The maximum Gasteiger partial charge on any atom is 0.262 e. The number of carbonyl (C=O) groups excluding carboxylic acids is 1. The topological polar surface area (TPSA) is 126 Å². The smallest absolute Gasteiger partial charge is 0.262 e. The van der Waals surface area contributed by atoms with Crippen LogP contribution >= 0.6 is 15.9 Å². The van der Waals surface area contributed by atoms with Gasteiger partial charge in [0.2, 0.25) is 11.8 Å². The molecule has 8 nitrogen and oxygen atoms in total. The van der Waals surface area contributed by atoms with Crippen LogP contribution in [-0.2, 0) is 4.79 Å². The van der Waals surface area contributed by atoms with Gasteiger partial charge < -0.3 is 20.5 Å². The predicted molar refractivity (Wildman–Crippen MR) is 117 cm³/mol. The number of anilines is 1. The molecule has 156 valence electrons. The van der Waals surface area contributed by atoms with Crippen molar-refractivity contribution < 1.29 is 14.3 Å². The lowest BCUT2D eigenvalue weighted by Crippen LogP contribution is -2.23. The van der Waals surface area contributed by atoms with Crippen LogP contribution in [0, 0.1) is 18.3 Å². The fourth-order valence-corrected chi connectivity index (χ4v) is 3.70. The van der Waals surface area contributed by atoms with Crippen molar-refractivity contribution >= 4 is 27.5 Å². The van der Waals surface area contributed by atoms with Crippen molar-refractivity contribution in [3.63, 3.8) is 0 Å². The van der Waals surface area contributed by atoms with Gasteiger partial charge in [-0.25, -0.2) is 0 Å². The SMILES string of the molecule is Cc1[nH]nc2c1C(c1ccccc1OCC(=O)Nc1ccc(Br)cc1)C(C#N)=C(N)O2. The zero-order valence-electron chi connectivity index (χ0n) is 16.5. The Morgan fingerprint density at radius 1 is 1.32 bits per heavy atom. The highest BCUT2D eigenvalue weighted by Gasteiger charge is 2.35. The Balaban J connectivity index is 1.60. The summed E-state index contributed by atoms with van der Waals surface area (Å²) in [5, 5.41) is 19.5. The quantitative estimate of drug-likeness (QED) is 0.511. The summed E-state index contributed by atoms with van der Waals surface area (Å²) < 4.78 is 12.3. The Morgan fingerprint density at radius 2 is 2.06 bits per heavy atom. The number of para-hydroxylation sites is 1. The van der Waals surface area contributed by atoms with Gasteiger partial charge in [0, 0.05) is 27.0 Å². The monoisotopic (exact) mass is 479 g/mol. The summed E-state index contributed by atoms with van der Waals surface area (Å²) in [7, 11) is 0. The molecular weight excluding hydrogens is 462 g/mol. The van der Waals surface area contributed by atoms with E-state index in [0.717, 1.165) is 10.2 Å². The minimum absolute atomic E-state index is 0.00529. The number of fused-ring (bicyclic) bond motifs is 1. The van der Waals surface area contributed by atoms with Crippen LogP contribution in [0.4, 0.5) is 5.69 Å². The van der Waals surface area contributed by atoms with Crippen molar-refractivity contribution in [2.45, 2.75) is 12.8 Å². The lowest BCUT2D eigenvalue weighted by atomic mass is 9.83. The van der Waals surface area contributed by atoms with E-state index in [-0.39, 0.29) is 24.0 Å². The van der Waals surface area contributed by atoms with E-state index in [1.54, 1.807) is 24.3 Å². The molecule has 1 aromatic heterocycles. The third kappa shape index (κ3) is 4.11. The zero-order valence-corrected chi connectivity index (χ0v) is 18.1. The standard InChI is InChI=1S/C22H18BrN5O3/c1-12-19-20(16(10-24)21(25)31-22(19)28-27-12)15-4-2-3-5-17(15)30-11-18(29)26-14-8-6-13(23)7-9-14/h2-9,20H,11,25H2,1H3,(H,26,29)(H,27,28). The van der Waals surface area contributed by atoms with Crippen molar-refractivity contribution in [2.24, 2.45) is 5.73 Å². The lowest BCUT2D eigenvalue weighted by molar-refractivity contribution is -0.118. The van der Waals surface area contributed by atoms with Crippen LogP contribution in [-0.4, -0.2) is 22.7 Å². The first-order valence-electron chi connectivity index (χ1n) is 9.37. The van der Waals surface area contributed by atoms with E-state index < -0.39 is 5.92 Å². The molecule has 0 spiro atoms. The molecule has 4 N–H and O–H groups in total. The molecule has 1 unspecified atom stereocenters. The first kappa shape index (κ1) is 20.5. The molecule has 0 bridgehead atoms. The fraction of sp³-hybridized carbons (Fsp3) is 0.136. The number of halogens is 1. The molecule has 2 aromatic carbocycles. The first-order chi connectivity index (χ1) is 15.0. The number of nitriles is 1. The van der Waals surface area contributed by atoms with Crippen LogP contribution in [0.25, 0.3) is 0 Å². The molecule has 4 rings (SSSR count). The van der Waals surface area contributed by atoms with Gasteiger partial charge in [-0.3, -0.25) is 9.89 Å². The number of amides is 1. The Hall–Kier alpha value is -3.77. The number of aromatic amines is 1. The van der Waals surface area contributed by atoms with Gasteiger partial charge in [-0.15, -0.1) is 5.10 Å². The molecule has 0 radical (unpaired) electrons. The van der Waals surface area contributed by atoms with Crippen LogP contribution in [0.15, 0.2) is 64.5 Å².